The molecule has 1 heterocycles. The van der Waals surface area contributed by atoms with E-state index in [9.17, 15) is 8.42 Å². The Morgan fingerprint density at radius 2 is 1.76 bits per heavy atom. The quantitative estimate of drug-likeness (QED) is 0.661. The lowest BCUT2D eigenvalue weighted by Gasteiger charge is -2.23. The third-order valence-electron chi connectivity index (χ3n) is 3.94. The highest BCUT2D eigenvalue weighted by atomic mass is 32.2. The van der Waals surface area contributed by atoms with Gasteiger partial charge in [0.25, 0.3) is 10.0 Å². The molecule has 3 rings (SSSR count). The zero-order chi connectivity index (χ0) is 17.7. The number of rotatable bonds is 5. The molecular formula is C19H21N3O2S. The molecule has 25 heavy (non-hydrogen) atoms. The molecule has 0 saturated carbocycles. The largest absolute Gasteiger partial charge is 0.253 e. The van der Waals surface area contributed by atoms with Crippen LogP contribution in [0.25, 0.3) is 0 Å². The second kappa shape index (κ2) is 7.74. The lowest BCUT2D eigenvalue weighted by atomic mass is 10.1. The number of aliphatic imine (C=N–C) groups is 1. The summed E-state index contributed by atoms with van der Waals surface area (Å²) in [7, 11) is -3.56. The van der Waals surface area contributed by atoms with Gasteiger partial charge in [0.15, 0.2) is 0 Å². The summed E-state index contributed by atoms with van der Waals surface area (Å²) in [6, 6.07) is 16.5. The van der Waals surface area contributed by atoms with Gasteiger partial charge in [-0.2, -0.15) is 0 Å². The molecule has 0 aliphatic carbocycles. The van der Waals surface area contributed by atoms with E-state index in [1.165, 1.54) is 0 Å². The molecule has 0 bridgehead atoms. The van der Waals surface area contributed by atoms with Crippen molar-refractivity contribution >= 4 is 21.4 Å². The molecule has 0 radical (unpaired) electrons. The van der Waals surface area contributed by atoms with Gasteiger partial charge >= 0.3 is 0 Å². The van der Waals surface area contributed by atoms with E-state index in [0.29, 0.717) is 13.1 Å². The van der Waals surface area contributed by atoms with Crippen molar-refractivity contribution < 1.29 is 8.42 Å². The van der Waals surface area contributed by atoms with E-state index in [0.717, 1.165) is 23.4 Å². The number of sulfonamides is 1. The van der Waals surface area contributed by atoms with Crippen molar-refractivity contribution in [3.63, 3.8) is 0 Å². The number of hydrogen-bond donors (Lipinski definition) is 1. The van der Waals surface area contributed by atoms with Crippen LogP contribution in [0, 0.1) is 0 Å². The molecule has 1 N–H and O–H groups in total. The first kappa shape index (κ1) is 17.5. The second-order valence-corrected chi connectivity index (χ2v) is 7.52. The Bertz CT molecular complexity index is 873. The average molecular weight is 355 g/mol. The fourth-order valence-corrected chi connectivity index (χ4v) is 3.69. The summed E-state index contributed by atoms with van der Waals surface area (Å²) in [4.78, 5) is 7.40. The van der Waals surface area contributed by atoms with Gasteiger partial charge in [0.2, 0.25) is 0 Å². The van der Waals surface area contributed by atoms with Gasteiger partial charge in [0.1, 0.15) is 0 Å². The molecule has 0 saturated heterocycles. The van der Waals surface area contributed by atoms with Gasteiger partial charge in [-0.3, -0.25) is 4.99 Å². The lowest BCUT2D eigenvalue weighted by molar-refractivity contribution is 0.263. The Hall–Kier alpha value is -2.28. The van der Waals surface area contributed by atoms with Crippen molar-refractivity contribution in [3.8, 4) is 0 Å². The molecule has 5 nitrogen and oxygen atoms in total. The fraction of sp³-hybridized carbons (Fsp3) is 0.211. The Morgan fingerprint density at radius 3 is 2.40 bits per heavy atom. The zero-order valence-corrected chi connectivity index (χ0v) is 14.9. The van der Waals surface area contributed by atoms with Crippen molar-refractivity contribution in [2.24, 2.45) is 4.99 Å². The van der Waals surface area contributed by atoms with Crippen LogP contribution in [0.2, 0.25) is 0 Å². The molecule has 2 aromatic carbocycles. The monoisotopic (exact) mass is 355 g/mol. The average Bonchev–Trinajstić information content (AvgIpc) is 2.63. The fourth-order valence-electron chi connectivity index (χ4n) is 2.58. The zero-order valence-electron chi connectivity index (χ0n) is 14.1. The summed E-state index contributed by atoms with van der Waals surface area (Å²) in [5, 5.41) is 1.70. The van der Waals surface area contributed by atoms with Gasteiger partial charge in [-0.15, -0.1) is 4.83 Å². The van der Waals surface area contributed by atoms with Crippen LogP contribution in [-0.2, 0) is 10.0 Å². The van der Waals surface area contributed by atoms with Crippen molar-refractivity contribution in [1.29, 1.82) is 0 Å². The molecule has 0 amide bonds. The van der Waals surface area contributed by atoms with Gasteiger partial charge < -0.3 is 0 Å². The highest BCUT2D eigenvalue weighted by Gasteiger charge is 2.18. The predicted molar refractivity (Wildman–Crippen MR) is 100 cm³/mol. The van der Waals surface area contributed by atoms with Crippen LogP contribution in [0.5, 0.6) is 0 Å². The predicted octanol–water partition coefficient (Wildman–Crippen LogP) is 3.28. The van der Waals surface area contributed by atoms with Crippen LogP contribution in [-0.4, -0.2) is 32.2 Å². The third-order valence-corrected chi connectivity index (χ3v) is 5.33. The van der Waals surface area contributed by atoms with E-state index in [2.05, 4.69) is 9.82 Å². The standard InChI is InChI=1S/C19H21N3O2S/c1-16(17-8-4-2-5-9-17)20-18-10-12-19(13-11-18)25(23,24)21-22-14-6-3-7-15-22/h2-6,8-13,21H,7,14-15H2,1H3. The molecule has 1 aliphatic rings. The van der Waals surface area contributed by atoms with E-state index >= 15 is 0 Å². The molecule has 6 heteroatoms. The van der Waals surface area contributed by atoms with Gasteiger partial charge in [0.05, 0.1) is 10.6 Å². The van der Waals surface area contributed by atoms with Crippen LogP contribution in [0.4, 0.5) is 5.69 Å². The Labute approximate surface area is 148 Å². The molecule has 0 fully saturated rings. The van der Waals surface area contributed by atoms with Crippen molar-refractivity contribution in [3.05, 3.63) is 72.3 Å². The molecular weight excluding hydrogens is 334 g/mol. The third kappa shape index (κ3) is 4.63. The lowest BCUT2D eigenvalue weighted by Crippen LogP contribution is -2.43. The van der Waals surface area contributed by atoms with Gasteiger partial charge in [-0.05, 0) is 43.2 Å². The van der Waals surface area contributed by atoms with Crippen molar-refractivity contribution in [1.82, 2.24) is 9.84 Å². The topological polar surface area (TPSA) is 61.8 Å². The maximum atomic E-state index is 12.4. The Balaban J connectivity index is 1.74. The molecule has 0 unspecified atom stereocenters. The molecule has 2 aromatic rings. The van der Waals surface area contributed by atoms with Gasteiger partial charge in [-0.1, -0.05) is 42.5 Å². The summed E-state index contributed by atoms with van der Waals surface area (Å²) in [6.45, 7) is 3.19. The van der Waals surface area contributed by atoms with Crippen molar-refractivity contribution in [2.75, 3.05) is 13.1 Å². The number of hydrogen-bond acceptors (Lipinski definition) is 4. The van der Waals surface area contributed by atoms with Crippen LogP contribution in [0.3, 0.4) is 0 Å². The molecule has 0 spiro atoms. The molecule has 1 aliphatic heterocycles. The van der Waals surface area contributed by atoms with E-state index in [-0.39, 0.29) is 4.90 Å². The summed E-state index contributed by atoms with van der Waals surface area (Å²) in [6.07, 6.45) is 4.85. The number of nitrogens with one attached hydrogen (secondary N) is 1. The first-order valence-corrected chi connectivity index (χ1v) is 9.66. The maximum Gasteiger partial charge on any atom is 0.253 e. The van der Waals surface area contributed by atoms with E-state index in [4.69, 9.17) is 0 Å². The van der Waals surface area contributed by atoms with Gasteiger partial charge in [-0.25, -0.2) is 13.4 Å². The normalized spacial score (nSPS) is 16.1. The molecule has 0 atom stereocenters. The number of nitrogens with zero attached hydrogens (tertiary/aromatic N) is 2. The minimum atomic E-state index is -3.56. The van der Waals surface area contributed by atoms with Crippen LogP contribution in [0.15, 0.2) is 76.6 Å². The molecule has 0 aromatic heterocycles. The summed E-state index contributed by atoms with van der Waals surface area (Å²) in [5.41, 5.74) is 2.65. The smallest absolute Gasteiger partial charge is 0.253 e. The number of benzene rings is 2. The minimum absolute atomic E-state index is 0.235. The minimum Gasteiger partial charge on any atom is -0.253 e. The first-order valence-electron chi connectivity index (χ1n) is 8.18. The first-order chi connectivity index (χ1) is 12.0. The maximum absolute atomic E-state index is 12.4. The summed E-state index contributed by atoms with van der Waals surface area (Å²) >= 11 is 0. The summed E-state index contributed by atoms with van der Waals surface area (Å²) < 4.78 is 24.9. The second-order valence-electron chi connectivity index (χ2n) is 5.86. The Morgan fingerprint density at radius 1 is 1.04 bits per heavy atom. The van der Waals surface area contributed by atoms with Crippen molar-refractivity contribution in [2.45, 2.75) is 18.2 Å². The SMILES string of the molecule is CC(=Nc1ccc(S(=O)(=O)NN2CC=CCC2)cc1)c1ccccc1. The number of hydrazine groups is 1. The van der Waals surface area contributed by atoms with E-state index in [1.54, 1.807) is 29.3 Å². The highest BCUT2D eigenvalue weighted by molar-refractivity contribution is 7.89. The molecule has 130 valence electrons. The highest BCUT2D eigenvalue weighted by Crippen LogP contribution is 2.18. The van der Waals surface area contributed by atoms with Crippen LogP contribution < -0.4 is 4.83 Å². The van der Waals surface area contributed by atoms with E-state index in [1.807, 2.05) is 49.4 Å². The van der Waals surface area contributed by atoms with E-state index < -0.39 is 10.0 Å². The summed E-state index contributed by atoms with van der Waals surface area (Å²) in [5.74, 6) is 0. The Kier molecular flexibility index (Phi) is 5.43. The van der Waals surface area contributed by atoms with Crippen LogP contribution >= 0.6 is 0 Å². The van der Waals surface area contributed by atoms with Crippen LogP contribution in [0.1, 0.15) is 18.9 Å². The van der Waals surface area contributed by atoms with Gasteiger partial charge in [0, 0.05) is 18.8 Å².